The van der Waals surface area contributed by atoms with Crippen LogP contribution < -0.4 is 10.2 Å². The lowest BCUT2D eigenvalue weighted by Gasteiger charge is -2.23. The summed E-state index contributed by atoms with van der Waals surface area (Å²) in [7, 11) is 0. The lowest BCUT2D eigenvalue weighted by atomic mass is 10.2. The van der Waals surface area contributed by atoms with E-state index in [0.29, 0.717) is 5.69 Å². The zero-order chi connectivity index (χ0) is 16.2. The molecule has 0 aliphatic carbocycles. The van der Waals surface area contributed by atoms with Gasteiger partial charge in [-0.05, 0) is 63.4 Å². The lowest BCUT2D eigenvalue weighted by molar-refractivity contribution is -0.120. The van der Waals surface area contributed by atoms with Crippen LogP contribution in [0, 0.1) is 5.82 Å². The van der Waals surface area contributed by atoms with Crippen LogP contribution in [0.2, 0.25) is 0 Å². The fraction of sp³-hybridized carbons (Fsp3) is 0.611. The van der Waals surface area contributed by atoms with Crippen molar-refractivity contribution in [2.24, 2.45) is 0 Å². The Kier molecular flexibility index (Phi) is 5.16. The van der Waals surface area contributed by atoms with E-state index >= 15 is 0 Å². The molecule has 1 aromatic rings. The molecule has 2 fully saturated rings. The average molecular weight is 319 g/mol. The number of nitrogens with one attached hydrogen (secondary N) is 1. The third kappa shape index (κ3) is 3.83. The molecule has 0 aromatic heterocycles. The number of rotatable bonds is 5. The molecule has 0 unspecified atom stereocenters. The van der Waals surface area contributed by atoms with Gasteiger partial charge in [0.25, 0.3) is 0 Å². The maximum Gasteiger partial charge on any atom is 0.241 e. The SMILES string of the molecule is CCCN1CCC[C@H]1C(=O)Nc1cc(F)cc(N2CCCC2)c1. The lowest BCUT2D eigenvalue weighted by Crippen LogP contribution is -2.40. The third-order valence-electron chi connectivity index (χ3n) is 4.80. The van der Waals surface area contributed by atoms with Crippen molar-refractivity contribution >= 4 is 17.3 Å². The van der Waals surface area contributed by atoms with E-state index in [0.717, 1.165) is 64.0 Å². The Morgan fingerprint density at radius 1 is 1.22 bits per heavy atom. The summed E-state index contributed by atoms with van der Waals surface area (Å²) in [6, 6.07) is 4.79. The summed E-state index contributed by atoms with van der Waals surface area (Å²) in [4.78, 5) is 17.0. The summed E-state index contributed by atoms with van der Waals surface area (Å²) in [5, 5.41) is 2.93. The van der Waals surface area contributed by atoms with Crippen molar-refractivity contribution in [1.82, 2.24) is 4.90 Å². The van der Waals surface area contributed by atoms with Gasteiger partial charge in [-0.15, -0.1) is 0 Å². The molecular weight excluding hydrogens is 293 g/mol. The monoisotopic (exact) mass is 319 g/mol. The van der Waals surface area contributed by atoms with Crippen molar-refractivity contribution in [3.8, 4) is 0 Å². The Morgan fingerprint density at radius 3 is 2.74 bits per heavy atom. The number of hydrogen-bond donors (Lipinski definition) is 1. The van der Waals surface area contributed by atoms with Crippen LogP contribution in [0.15, 0.2) is 18.2 Å². The predicted molar refractivity (Wildman–Crippen MR) is 91.4 cm³/mol. The van der Waals surface area contributed by atoms with Gasteiger partial charge in [0.15, 0.2) is 0 Å². The standard InChI is InChI=1S/C18H26FN3O/c1-2-7-22-10-5-6-17(22)18(23)20-15-11-14(19)12-16(13-15)21-8-3-4-9-21/h11-13,17H,2-10H2,1H3,(H,20,23)/t17-/m0/s1. The first-order valence-corrected chi connectivity index (χ1v) is 8.78. The number of nitrogens with zero attached hydrogens (tertiary/aromatic N) is 2. The van der Waals surface area contributed by atoms with Crippen molar-refractivity contribution in [2.45, 2.75) is 45.1 Å². The van der Waals surface area contributed by atoms with Gasteiger partial charge in [-0.3, -0.25) is 9.69 Å². The molecule has 0 spiro atoms. The van der Waals surface area contributed by atoms with Crippen molar-refractivity contribution in [1.29, 1.82) is 0 Å². The molecule has 2 aliphatic rings. The summed E-state index contributed by atoms with van der Waals surface area (Å²) in [5.41, 5.74) is 1.44. The van der Waals surface area contributed by atoms with Crippen molar-refractivity contribution in [3.05, 3.63) is 24.0 Å². The summed E-state index contributed by atoms with van der Waals surface area (Å²) in [6.45, 7) is 5.98. The van der Waals surface area contributed by atoms with Crippen molar-refractivity contribution in [3.63, 3.8) is 0 Å². The summed E-state index contributed by atoms with van der Waals surface area (Å²) in [5.74, 6) is -0.296. The van der Waals surface area contributed by atoms with Gasteiger partial charge in [-0.1, -0.05) is 6.92 Å². The summed E-state index contributed by atoms with van der Waals surface area (Å²) >= 11 is 0. The van der Waals surface area contributed by atoms with E-state index in [1.54, 1.807) is 6.07 Å². The number of likely N-dealkylation sites (tertiary alicyclic amines) is 1. The smallest absolute Gasteiger partial charge is 0.241 e. The summed E-state index contributed by atoms with van der Waals surface area (Å²) < 4.78 is 13.9. The molecule has 126 valence electrons. The minimum absolute atomic E-state index is 0.00563. The number of carbonyl (C=O) groups is 1. The number of carbonyl (C=O) groups excluding carboxylic acids is 1. The van der Waals surface area contributed by atoms with Crippen molar-refractivity contribution < 1.29 is 9.18 Å². The molecule has 2 saturated heterocycles. The Hall–Kier alpha value is -1.62. The van der Waals surface area contributed by atoms with Crippen LogP contribution in [-0.4, -0.2) is 43.0 Å². The molecule has 3 rings (SSSR count). The highest BCUT2D eigenvalue weighted by atomic mass is 19.1. The van der Waals surface area contributed by atoms with Crippen molar-refractivity contribution in [2.75, 3.05) is 36.4 Å². The van der Waals surface area contributed by atoms with E-state index in [1.165, 1.54) is 6.07 Å². The highest BCUT2D eigenvalue weighted by Gasteiger charge is 2.30. The van der Waals surface area contributed by atoms with E-state index in [-0.39, 0.29) is 17.8 Å². The van der Waals surface area contributed by atoms with Gasteiger partial charge in [-0.2, -0.15) is 0 Å². The maximum atomic E-state index is 13.9. The van der Waals surface area contributed by atoms with E-state index < -0.39 is 0 Å². The molecule has 4 nitrogen and oxygen atoms in total. The Balaban J connectivity index is 1.70. The number of benzene rings is 1. The second kappa shape index (κ2) is 7.30. The van der Waals surface area contributed by atoms with Crippen LogP contribution >= 0.6 is 0 Å². The van der Waals surface area contributed by atoms with Gasteiger partial charge in [0, 0.05) is 24.5 Å². The van der Waals surface area contributed by atoms with Gasteiger partial charge < -0.3 is 10.2 Å². The topological polar surface area (TPSA) is 35.6 Å². The Labute approximate surface area is 137 Å². The second-order valence-corrected chi connectivity index (χ2v) is 6.58. The molecule has 5 heteroatoms. The number of amides is 1. The van der Waals surface area contributed by atoms with Crippen LogP contribution in [-0.2, 0) is 4.79 Å². The van der Waals surface area contributed by atoms with Crippen LogP contribution in [0.1, 0.15) is 39.0 Å². The minimum Gasteiger partial charge on any atom is -0.371 e. The van der Waals surface area contributed by atoms with Gasteiger partial charge in [0.2, 0.25) is 5.91 Å². The van der Waals surface area contributed by atoms with E-state index in [1.807, 2.05) is 6.07 Å². The van der Waals surface area contributed by atoms with Crippen LogP contribution in [0.5, 0.6) is 0 Å². The van der Waals surface area contributed by atoms with Gasteiger partial charge >= 0.3 is 0 Å². The first-order valence-electron chi connectivity index (χ1n) is 8.78. The van der Waals surface area contributed by atoms with Gasteiger partial charge in [-0.25, -0.2) is 4.39 Å². The molecule has 2 heterocycles. The molecule has 1 N–H and O–H groups in total. The van der Waals surface area contributed by atoms with Gasteiger partial charge in [0.05, 0.1) is 6.04 Å². The van der Waals surface area contributed by atoms with E-state index in [9.17, 15) is 9.18 Å². The largest absolute Gasteiger partial charge is 0.371 e. The molecular formula is C18H26FN3O. The number of hydrogen-bond acceptors (Lipinski definition) is 3. The fourth-order valence-electron chi connectivity index (χ4n) is 3.71. The second-order valence-electron chi connectivity index (χ2n) is 6.58. The molecule has 23 heavy (non-hydrogen) atoms. The first kappa shape index (κ1) is 16.2. The fourth-order valence-corrected chi connectivity index (χ4v) is 3.71. The molecule has 0 radical (unpaired) electrons. The molecule has 0 saturated carbocycles. The zero-order valence-corrected chi connectivity index (χ0v) is 13.9. The Morgan fingerprint density at radius 2 is 2.00 bits per heavy atom. The normalized spacial score (nSPS) is 21.8. The Bertz CT molecular complexity index is 557. The average Bonchev–Trinajstić information content (AvgIpc) is 3.18. The van der Waals surface area contributed by atoms with E-state index in [2.05, 4.69) is 22.0 Å². The van der Waals surface area contributed by atoms with Crippen LogP contribution in [0.25, 0.3) is 0 Å². The first-order chi connectivity index (χ1) is 11.2. The van der Waals surface area contributed by atoms with E-state index in [4.69, 9.17) is 0 Å². The molecule has 1 aromatic carbocycles. The maximum absolute atomic E-state index is 13.9. The molecule has 2 aliphatic heterocycles. The molecule has 1 amide bonds. The third-order valence-corrected chi connectivity index (χ3v) is 4.80. The highest BCUT2D eigenvalue weighted by molar-refractivity contribution is 5.95. The molecule has 0 bridgehead atoms. The van der Waals surface area contributed by atoms with Crippen LogP contribution in [0.4, 0.5) is 15.8 Å². The van der Waals surface area contributed by atoms with Gasteiger partial charge in [0.1, 0.15) is 5.82 Å². The predicted octanol–water partition coefficient (Wildman–Crippen LogP) is 3.24. The number of anilines is 2. The van der Waals surface area contributed by atoms with Crippen LogP contribution in [0.3, 0.4) is 0 Å². The summed E-state index contributed by atoms with van der Waals surface area (Å²) in [6.07, 6.45) is 5.28. The number of halogens is 1. The zero-order valence-electron chi connectivity index (χ0n) is 13.9. The molecule has 1 atom stereocenters. The minimum atomic E-state index is -0.290. The highest BCUT2D eigenvalue weighted by Crippen LogP contribution is 2.26. The quantitative estimate of drug-likeness (QED) is 0.905.